The number of piperazine rings is 1. The SMILES string of the molecule is O=C(c1ccccc1C(F)(F)F)C1CNC(Cc2c[nH]c3ccccc23)C(C(=O)c2ccccc2C(F)(F)F)N1C(=O)/C=C/c1cccc([N+](=O)[O-])c1. The van der Waals surface area contributed by atoms with Crippen LogP contribution in [-0.4, -0.2) is 57.0 Å². The zero-order valence-corrected chi connectivity index (χ0v) is 27.3. The average molecular weight is 735 g/mol. The molecule has 3 unspecified atom stereocenters. The van der Waals surface area contributed by atoms with Gasteiger partial charge >= 0.3 is 12.4 Å². The number of para-hydroxylation sites is 1. The number of nitro groups is 1. The number of H-pyrrole nitrogens is 1. The molecule has 0 aliphatic carbocycles. The summed E-state index contributed by atoms with van der Waals surface area (Å²) in [6.45, 7) is -0.473. The number of hydrogen-bond donors (Lipinski definition) is 2. The number of nitrogens with zero attached hydrogens (tertiary/aromatic N) is 2. The van der Waals surface area contributed by atoms with Crippen LogP contribution in [0.4, 0.5) is 32.0 Å². The summed E-state index contributed by atoms with van der Waals surface area (Å²) in [5.74, 6) is -3.53. The molecule has 1 fully saturated rings. The van der Waals surface area contributed by atoms with Gasteiger partial charge in [-0.25, -0.2) is 0 Å². The number of hydrogen-bond acceptors (Lipinski definition) is 6. The largest absolute Gasteiger partial charge is 0.417 e. The lowest BCUT2D eigenvalue weighted by atomic mass is 9.84. The summed E-state index contributed by atoms with van der Waals surface area (Å²) < 4.78 is 85.4. The van der Waals surface area contributed by atoms with Gasteiger partial charge in [-0.1, -0.05) is 66.7 Å². The first-order chi connectivity index (χ1) is 25.1. The van der Waals surface area contributed by atoms with Crippen LogP contribution < -0.4 is 5.32 Å². The number of halogens is 6. The second kappa shape index (κ2) is 14.5. The molecule has 4 aromatic carbocycles. The van der Waals surface area contributed by atoms with E-state index >= 15 is 0 Å². The van der Waals surface area contributed by atoms with Gasteiger partial charge in [-0.05, 0) is 41.8 Å². The number of Topliss-reactive ketones (excluding diaryl/α,β-unsaturated/α-hetero) is 2. The van der Waals surface area contributed by atoms with Crippen LogP contribution in [-0.2, 0) is 23.6 Å². The van der Waals surface area contributed by atoms with Gasteiger partial charge in [-0.2, -0.15) is 26.3 Å². The fourth-order valence-electron chi connectivity index (χ4n) is 6.63. The normalized spacial score (nSPS) is 18.0. The number of non-ortho nitro benzene ring substituents is 1. The van der Waals surface area contributed by atoms with E-state index in [9.17, 15) is 50.8 Å². The summed E-state index contributed by atoms with van der Waals surface area (Å²) in [4.78, 5) is 57.6. The van der Waals surface area contributed by atoms with E-state index in [-0.39, 0.29) is 17.7 Å². The fourth-order valence-corrected chi connectivity index (χ4v) is 6.63. The minimum atomic E-state index is -5.02. The van der Waals surface area contributed by atoms with Crippen molar-refractivity contribution in [3.05, 3.63) is 153 Å². The molecule has 1 aliphatic rings. The van der Waals surface area contributed by atoms with Crippen molar-refractivity contribution in [2.75, 3.05) is 6.54 Å². The van der Waals surface area contributed by atoms with Crippen LogP contribution in [0.5, 0.6) is 0 Å². The Labute approximate surface area is 297 Å². The van der Waals surface area contributed by atoms with Crippen LogP contribution in [0.3, 0.4) is 0 Å². The summed E-state index contributed by atoms with van der Waals surface area (Å²) in [5.41, 5.74) is -3.13. The van der Waals surface area contributed by atoms with Gasteiger partial charge in [-0.15, -0.1) is 0 Å². The average Bonchev–Trinajstić information content (AvgIpc) is 3.55. The maximum Gasteiger partial charge on any atom is 0.417 e. The number of aromatic nitrogens is 1. The minimum absolute atomic E-state index is 0.0625. The van der Waals surface area contributed by atoms with Crippen molar-refractivity contribution in [1.29, 1.82) is 0 Å². The summed E-state index contributed by atoms with van der Waals surface area (Å²) in [6, 6.07) is 15.1. The van der Waals surface area contributed by atoms with E-state index in [0.29, 0.717) is 28.6 Å². The number of alkyl halides is 6. The first kappa shape index (κ1) is 36.7. The molecule has 3 atom stereocenters. The van der Waals surface area contributed by atoms with Crippen molar-refractivity contribution in [3.8, 4) is 0 Å². The molecule has 2 N–H and O–H groups in total. The smallest absolute Gasteiger partial charge is 0.361 e. The van der Waals surface area contributed by atoms with Gasteiger partial charge in [0.1, 0.15) is 12.1 Å². The Morgan fingerprint density at radius 3 is 2.06 bits per heavy atom. The van der Waals surface area contributed by atoms with Crippen LogP contribution in [0.25, 0.3) is 17.0 Å². The Bertz CT molecular complexity index is 2250. The monoisotopic (exact) mass is 734 g/mol. The predicted molar refractivity (Wildman–Crippen MR) is 182 cm³/mol. The summed E-state index contributed by atoms with van der Waals surface area (Å²) in [5, 5.41) is 15.1. The highest BCUT2D eigenvalue weighted by Crippen LogP contribution is 2.36. The highest BCUT2D eigenvalue weighted by molar-refractivity contribution is 6.09. The quantitative estimate of drug-likeness (QED) is 0.0527. The van der Waals surface area contributed by atoms with E-state index in [2.05, 4.69) is 10.3 Å². The first-order valence-corrected chi connectivity index (χ1v) is 16.1. The molecule has 272 valence electrons. The fraction of sp³-hybridized carbons (Fsp3) is 0.184. The molecule has 9 nitrogen and oxygen atoms in total. The highest BCUT2D eigenvalue weighted by atomic mass is 19.4. The molecular weight excluding hydrogens is 706 g/mol. The van der Waals surface area contributed by atoms with Crippen LogP contribution in [0.15, 0.2) is 109 Å². The number of carbonyl (C=O) groups is 3. The highest BCUT2D eigenvalue weighted by Gasteiger charge is 2.49. The van der Waals surface area contributed by atoms with Gasteiger partial charge in [-0.3, -0.25) is 24.5 Å². The molecule has 5 aromatic rings. The molecule has 1 aliphatic heterocycles. The van der Waals surface area contributed by atoms with Crippen molar-refractivity contribution in [3.63, 3.8) is 0 Å². The van der Waals surface area contributed by atoms with Crippen LogP contribution >= 0.6 is 0 Å². The van der Waals surface area contributed by atoms with Gasteiger partial charge in [0.25, 0.3) is 5.69 Å². The maximum absolute atomic E-state index is 14.6. The first-order valence-electron chi connectivity index (χ1n) is 16.1. The number of rotatable bonds is 9. The van der Waals surface area contributed by atoms with E-state index in [4.69, 9.17) is 0 Å². The maximum atomic E-state index is 14.6. The molecule has 1 aromatic heterocycles. The van der Waals surface area contributed by atoms with Gasteiger partial charge < -0.3 is 15.2 Å². The van der Waals surface area contributed by atoms with E-state index in [1.54, 1.807) is 30.5 Å². The third-order valence-corrected chi connectivity index (χ3v) is 9.03. The van der Waals surface area contributed by atoms with E-state index in [0.717, 1.165) is 47.4 Å². The Balaban J connectivity index is 1.52. The Morgan fingerprint density at radius 2 is 1.42 bits per heavy atom. The molecule has 1 amide bonds. The third-order valence-electron chi connectivity index (χ3n) is 9.03. The molecular formula is C38H28F6N4O5. The standard InChI is InChI=1S/C38H28F6N4O5/c39-37(40,41)28-13-4-1-11-26(28)35(50)32-21-46-31(19-23-20-45-30-15-6-3-10-25(23)30)34(36(51)27-12-2-5-14-29(27)38(42,43)44)47(32)33(49)17-16-22-8-7-9-24(18-22)48(52)53/h1-18,20,31-32,34,45-46H,19,21H2/b17-16+. The summed E-state index contributed by atoms with van der Waals surface area (Å²) >= 11 is 0. The summed E-state index contributed by atoms with van der Waals surface area (Å²) in [6.07, 6.45) is -6.43. The topological polar surface area (TPSA) is 125 Å². The molecule has 0 saturated carbocycles. The molecule has 0 spiro atoms. The lowest BCUT2D eigenvalue weighted by Crippen LogP contribution is -2.69. The lowest BCUT2D eigenvalue weighted by Gasteiger charge is -2.45. The summed E-state index contributed by atoms with van der Waals surface area (Å²) in [7, 11) is 0. The third kappa shape index (κ3) is 7.60. The van der Waals surface area contributed by atoms with Crippen LogP contribution in [0, 0.1) is 10.1 Å². The van der Waals surface area contributed by atoms with Crippen molar-refractivity contribution in [2.24, 2.45) is 0 Å². The molecule has 15 heteroatoms. The molecule has 0 radical (unpaired) electrons. The number of carbonyl (C=O) groups excluding carboxylic acids is 3. The Kier molecular flexibility index (Phi) is 10.0. The van der Waals surface area contributed by atoms with Gasteiger partial charge in [0, 0.05) is 59.0 Å². The van der Waals surface area contributed by atoms with Crippen LogP contribution in [0.2, 0.25) is 0 Å². The van der Waals surface area contributed by atoms with Crippen molar-refractivity contribution < 1.29 is 45.6 Å². The lowest BCUT2D eigenvalue weighted by molar-refractivity contribution is -0.384. The Morgan fingerprint density at radius 1 is 0.811 bits per heavy atom. The number of benzene rings is 4. The van der Waals surface area contributed by atoms with Crippen molar-refractivity contribution >= 4 is 40.1 Å². The predicted octanol–water partition coefficient (Wildman–Crippen LogP) is 7.67. The van der Waals surface area contributed by atoms with Crippen molar-refractivity contribution in [2.45, 2.75) is 36.9 Å². The number of amides is 1. The number of ketones is 2. The van der Waals surface area contributed by atoms with Gasteiger partial charge in [0.05, 0.1) is 16.1 Å². The zero-order valence-electron chi connectivity index (χ0n) is 27.3. The molecule has 1 saturated heterocycles. The second-order valence-electron chi connectivity index (χ2n) is 12.3. The molecule has 2 heterocycles. The number of nitro benzene ring substituents is 1. The van der Waals surface area contributed by atoms with Crippen molar-refractivity contribution in [1.82, 2.24) is 15.2 Å². The van der Waals surface area contributed by atoms with Gasteiger partial charge in [0.15, 0.2) is 11.6 Å². The van der Waals surface area contributed by atoms with Gasteiger partial charge in [0.2, 0.25) is 5.91 Å². The number of fused-ring (bicyclic) bond motifs is 1. The van der Waals surface area contributed by atoms with E-state index in [1.165, 1.54) is 30.3 Å². The zero-order chi connectivity index (χ0) is 38.1. The minimum Gasteiger partial charge on any atom is -0.361 e. The number of nitrogens with one attached hydrogen (secondary N) is 2. The Hall–Kier alpha value is -6.09. The number of aromatic amines is 1. The molecule has 53 heavy (non-hydrogen) atoms. The van der Waals surface area contributed by atoms with E-state index in [1.807, 2.05) is 0 Å². The second-order valence-corrected chi connectivity index (χ2v) is 12.3. The molecule has 6 rings (SSSR count). The molecule has 0 bridgehead atoms. The van der Waals surface area contributed by atoms with Crippen LogP contribution in [0.1, 0.15) is 43.0 Å². The van der Waals surface area contributed by atoms with E-state index < -0.39 is 81.7 Å².